The third kappa shape index (κ3) is 6.80. The maximum atomic E-state index is 13.1. The fraction of sp³-hybridized carbons (Fsp3) is 0.667. The number of carbonyl (C=O) groups is 4. The number of nitrogens with zero attached hydrogens (tertiary/aromatic N) is 1. The molecular formula is C21H31NO7. The molecule has 1 fully saturated rings. The van der Waals surface area contributed by atoms with Gasteiger partial charge in [0.2, 0.25) is 0 Å². The number of hydrogen-bond donors (Lipinski definition) is 0. The van der Waals surface area contributed by atoms with E-state index in [-0.39, 0.29) is 24.8 Å². The molecular weight excluding hydrogens is 378 g/mol. The monoisotopic (exact) mass is 409 g/mol. The molecule has 0 spiro atoms. The molecule has 0 saturated heterocycles. The highest BCUT2D eigenvalue weighted by Gasteiger charge is 2.53. The Morgan fingerprint density at radius 1 is 1.14 bits per heavy atom. The summed E-state index contributed by atoms with van der Waals surface area (Å²) in [6.45, 7) is 7.09. The lowest BCUT2D eigenvalue weighted by molar-refractivity contribution is -0.159. The highest BCUT2D eigenvalue weighted by atomic mass is 16.6. The van der Waals surface area contributed by atoms with Crippen LogP contribution < -0.4 is 0 Å². The van der Waals surface area contributed by atoms with E-state index < -0.39 is 29.0 Å². The number of oxime groups is 1. The molecule has 0 amide bonds. The number of unbranched alkanes of at least 4 members (excludes halogenated alkanes) is 2. The lowest BCUT2D eigenvalue weighted by Gasteiger charge is -2.38. The second-order valence-electron chi connectivity index (χ2n) is 7.73. The van der Waals surface area contributed by atoms with Crippen LogP contribution in [0.15, 0.2) is 17.8 Å². The predicted molar refractivity (Wildman–Crippen MR) is 106 cm³/mol. The summed E-state index contributed by atoms with van der Waals surface area (Å²) in [7, 11) is 2.56. The first-order valence-corrected chi connectivity index (χ1v) is 9.70. The first kappa shape index (κ1) is 24.5. The van der Waals surface area contributed by atoms with Crippen molar-refractivity contribution in [3.63, 3.8) is 0 Å². The van der Waals surface area contributed by atoms with Crippen molar-refractivity contribution in [1.82, 2.24) is 0 Å². The quantitative estimate of drug-likeness (QED) is 0.129. The van der Waals surface area contributed by atoms with E-state index >= 15 is 0 Å². The van der Waals surface area contributed by atoms with Crippen LogP contribution in [0.1, 0.15) is 52.4 Å². The highest BCUT2D eigenvalue weighted by Crippen LogP contribution is 2.40. The number of ketones is 2. The zero-order valence-electron chi connectivity index (χ0n) is 17.7. The molecule has 1 rings (SSSR count). The van der Waals surface area contributed by atoms with Gasteiger partial charge in [-0.25, -0.2) is 0 Å². The summed E-state index contributed by atoms with van der Waals surface area (Å²) in [4.78, 5) is 54.5. The Morgan fingerprint density at radius 3 is 2.38 bits per heavy atom. The van der Waals surface area contributed by atoms with Crippen molar-refractivity contribution in [3.05, 3.63) is 12.7 Å². The summed E-state index contributed by atoms with van der Waals surface area (Å²) >= 11 is 0. The van der Waals surface area contributed by atoms with Crippen molar-refractivity contribution >= 4 is 29.2 Å². The molecule has 2 atom stereocenters. The molecule has 0 radical (unpaired) electrons. The normalized spacial score (nSPS) is 21.4. The number of methoxy groups -OCH3 is 2. The average Bonchev–Trinajstić information content (AvgIpc) is 2.65. The second-order valence-corrected chi connectivity index (χ2v) is 7.73. The number of ether oxygens (including phenoxy) is 2. The Balaban J connectivity index is 2.97. The number of Topliss-reactive ketones (excluding diaryl/α,β-unsaturated/α-hetero) is 2. The van der Waals surface area contributed by atoms with Crippen LogP contribution in [-0.2, 0) is 33.5 Å². The van der Waals surface area contributed by atoms with Crippen LogP contribution in [0.3, 0.4) is 0 Å². The van der Waals surface area contributed by atoms with Gasteiger partial charge in [0.25, 0.3) is 0 Å². The lowest BCUT2D eigenvalue weighted by atomic mass is 9.63. The molecule has 0 N–H and O–H groups in total. The number of carbonyl (C=O) groups excluding carboxylic acids is 4. The van der Waals surface area contributed by atoms with Crippen LogP contribution in [0.4, 0.5) is 0 Å². The molecule has 0 aromatic carbocycles. The molecule has 8 nitrogen and oxygen atoms in total. The highest BCUT2D eigenvalue weighted by molar-refractivity contribution is 6.26. The van der Waals surface area contributed by atoms with E-state index in [2.05, 4.69) is 16.5 Å². The molecule has 0 aromatic heterocycles. The predicted octanol–water partition coefficient (Wildman–Crippen LogP) is 2.64. The van der Waals surface area contributed by atoms with Gasteiger partial charge in [-0.15, -0.1) is 0 Å². The van der Waals surface area contributed by atoms with Crippen molar-refractivity contribution in [2.75, 3.05) is 20.8 Å². The Kier molecular flexibility index (Phi) is 9.71. The molecule has 29 heavy (non-hydrogen) atoms. The van der Waals surface area contributed by atoms with Crippen LogP contribution >= 0.6 is 0 Å². The van der Waals surface area contributed by atoms with E-state index in [9.17, 15) is 19.2 Å². The molecule has 1 aliphatic rings. The molecule has 0 heterocycles. The van der Waals surface area contributed by atoms with E-state index in [4.69, 9.17) is 9.57 Å². The van der Waals surface area contributed by atoms with Gasteiger partial charge in [0.15, 0.2) is 5.78 Å². The van der Waals surface area contributed by atoms with Crippen molar-refractivity contribution in [3.8, 4) is 0 Å². The van der Waals surface area contributed by atoms with E-state index in [1.807, 2.05) is 0 Å². The van der Waals surface area contributed by atoms with Gasteiger partial charge in [-0.05, 0) is 24.7 Å². The minimum Gasteiger partial charge on any atom is -0.469 e. The zero-order chi connectivity index (χ0) is 22.0. The smallest absolute Gasteiger partial charge is 0.316 e. The van der Waals surface area contributed by atoms with Gasteiger partial charge >= 0.3 is 11.9 Å². The van der Waals surface area contributed by atoms with Crippen LogP contribution in [0.2, 0.25) is 0 Å². The fourth-order valence-corrected chi connectivity index (χ4v) is 3.54. The fourth-order valence-electron chi connectivity index (χ4n) is 3.54. The van der Waals surface area contributed by atoms with Crippen LogP contribution in [-0.4, -0.2) is 50.0 Å². The summed E-state index contributed by atoms with van der Waals surface area (Å²) in [5, 5.41) is 4.01. The number of esters is 2. The third-order valence-corrected chi connectivity index (χ3v) is 4.99. The summed E-state index contributed by atoms with van der Waals surface area (Å²) < 4.78 is 9.41. The molecule has 2 unspecified atom stereocenters. The van der Waals surface area contributed by atoms with Gasteiger partial charge in [-0.3, -0.25) is 19.2 Å². The summed E-state index contributed by atoms with van der Waals surface area (Å²) in [5.41, 5.74) is -0.532. The first-order valence-electron chi connectivity index (χ1n) is 9.70. The van der Waals surface area contributed by atoms with E-state index in [0.29, 0.717) is 37.8 Å². The van der Waals surface area contributed by atoms with Crippen LogP contribution in [0, 0.1) is 17.3 Å². The molecule has 0 aromatic rings. The molecule has 0 aliphatic heterocycles. The first-order chi connectivity index (χ1) is 13.7. The van der Waals surface area contributed by atoms with E-state index in [1.54, 1.807) is 13.8 Å². The van der Waals surface area contributed by atoms with E-state index in [1.165, 1.54) is 20.3 Å². The minimum atomic E-state index is -1.13. The van der Waals surface area contributed by atoms with E-state index in [0.717, 1.165) is 0 Å². The largest absolute Gasteiger partial charge is 0.469 e. The SMILES string of the molecule is C=CCO/N=C(\CCCCCC(=O)OC)C1C(=O)CC(C)(C)C(C(=O)OC)C1=O. The van der Waals surface area contributed by atoms with Gasteiger partial charge in [0, 0.05) is 12.8 Å². The molecule has 0 bridgehead atoms. The minimum absolute atomic E-state index is 0.0615. The maximum absolute atomic E-state index is 13.1. The molecule has 162 valence electrons. The van der Waals surface area contributed by atoms with Gasteiger partial charge in [-0.2, -0.15) is 0 Å². The van der Waals surface area contributed by atoms with Gasteiger partial charge in [0.05, 0.1) is 19.9 Å². The molecule has 8 heteroatoms. The third-order valence-electron chi connectivity index (χ3n) is 4.99. The standard InChI is InChI=1S/C21H31NO7/c1-6-12-29-22-14(10-8-7-9-11-16(24)27-4)17-15(23)13-21(2,3)18(19(17)25)20(26)28-5/h6,17-18H,1,7-13H2,2-5H3/b22-14+. The Bertz CT molecular complexity index is 666. The second kappa shape index (κ2) is 11.5. The Morgan fingerprint density at radius 2 is 1.79 bits per heavy atom. The topological polar surface area (TPSA) is 108 Å². The summed E-state index contributed by atoms with van der Waals surface area (Å²) in [5.74, 6) is -3.89. The lowest BCUT2D eigenvalue weighted by Crippen LogP contribution is -2.52. The average molecular weight is 409 g/mol. The maximum Gasteiger partial charge on any atom is 0.316 e. The number of rotatable bonds is 11. The van der Waals surface area contributed by atoms with Gasteiger partial charge < -0.3 is 14.3 Å². The Labute approximate surface area is 171 Å². The summed E-state index contributed by atoms with van der Waals surface area (Å²) in [6, 6.07) is 0. The van der Waals surface area contributed by atoms with Crippen LogP contribution in [0.25, 0.3) is 0 Å². The molecule has 1 aliphatic carbocycles. The van der Waals surface area contributed by atoms with Crippen molar-refractivity contribution < 1.29 is 33.5 Å². The van der Waals surface area contributed by atoms with Gasteiger partial charge in [0.1, 0.15) is 24.2 Å². The van der Waals surface area contributed by atoms with Crippen molar-refractivity contribution in [1.29, 1.82) is 0 Å². The van der Waals surface area contributed by atoms with Crippen LogP contribution in [0.5, 0.6) is 0 Å². The number of hydrogen-bond acceptors (Lipinski definition) is 8. The van der Waals surface area contributed by atoms with Gasteiger partial charge in [-0.1, -0.05) is 38.1 Å². The van der Waals surface area contributed by atoms with Crippen molar-refractivity contribution in [2.24, 2.45) is 22.4 Å². The Hall–Kier alpha value is -2.51. The van der Waals surface area contributed by atoms with Crippen molar-refractivity contribution in [2.45, 2.75) is 52.4 Å². The molecule has 1 saturated carbocycles. The zero-order valence-corrected chi connectivity index (χ0v) is 17.7. The summed E-state index contributed by atoms with van der Waals surface area (Å²) in [6.07, 6.45) is 4.13.